The molecule has 0 atom stereocenters. The van der Waals surface area contributed by atoms with Gasteiger partial charge in [-0.3, -0.25) is 9.78 Å². The van der Waals surface area contributed by atoms with Crippen LogP contribution in [-0.4, -0.2) is 46.4 Å². The van der Waals surface area contributed by atoms with E-state index in [1.807, 2.05) is 37.2 Å². The number of aromatic nitrogens is 2. The number of halogens is 1. The fourth-order valence-corrected chi connectivity index (χ4v) is 3.83. The predicted octanol–water partition coefficient (Wildman–Crippen LogP) is 4.67. The highest BCUT2D eigenvalue weighted by Crippen LogP contribution is 2.29. The molecule has 4 rings (SSSR count). The SMILES string of the molecule is CN(C)C/C=C/C(=O)Nc1ccc2c(c1)c(=Nc1ccc(OCc3ccccn3)c(Cl)c1)c(C#N)cn2O. The summed E-state index contributed by atoms with van der Waals surface area (Å²) < 4.78 is 6.64. The van der Waals surface area contributed by atoms with Gasteiger partial charge in [-0.05, 0) is 62.6 Å². The molecule has 0 fully saturated rings. The van der Waals surface area contributed by atoms with E-state index < -0.39 is 0 Å². The van der Waals surface area contributed by atoms with Crippen LogP contribution in [-0.2, 0) is 11.4 Å². The first-order valence-corrected chi connectivity index (χ1v) is 12.0. The van der Waals surface area contributed by atoms with Crippen molar-refractivity contribution < 1.29 is 14.7 Å². The standard InChI is InChI=1S/C28H25ClN6O3/c1-34(2)13-5-7-27(36)32-20-8-10-25-23(14-20)28(19(16-30)17-35(25)37)33-21-9-11-26(24(29)15-21)38-18-22-6-3-4-12-31-22/h3-12,14-15,17,37H,13,18H2,1-2H3,(H,32,36)/b7-5+,33-28?. The summed E-state index contributed by atoms with van der Waals surface area (Å²) in [6, 6.07) is 17.6. The number of likely N-dealkylation sites (N-methyl/N-ethyl adjacent to an activating group) is 1. The molecule has 0 saturated heterocycles. The Morgan fingerprint density at radius 3 is 2.82 bits per heavy atom. The van der Waals surface area contributed by atoms with Crippen LogP contribution in [0.1, 0.15) is 11.3 Å². The summed E-state index contributed by atoms with van der Waals surface area (Å²) in [4.78, 5) is 23.2. The molecule has 2 aromatic heterocycles. The molecule has 4 aromatic rings. The van der Waals surface area contributed by atoms with Crippen LogP contribution in [0.4, 0.5) is 11.4 Å². The zero-order valence-electron chi connectivity index (χ0n) is 20.8. The number of anilines is 1. The molecule has 0 saturated carbocycles. The number of nitrogens with one attached hydrogen (secondary N) is 1. The Labute approximate surface area is 224 Å². The molecular formula is C28H25ClN6O3. The largest absolute Gasteiger partial charge is 0.486 e. The van der Waals surface area contributed by atoms with Crippen LogP contribution in [0.5, 0.6) is 5.75 Å². The van der Waals surface area contributed by atoms with Crippen molar-refractivity contribution in [1.29, 1.82) is 5.26 Å². The van der Waals surface area contributed by atoms with Gasteiger partial charge in [-0.25, -0.2) is 4.99 Å². The van der Waals surface area contributed by atoms with Crippen molar-refractivity contribution in [2.45, 2.75) is 6.61 Å². The van der Waals surface area contributed by atoms with E-state index in [-0.39, 0.29) is 18.1 Å². The average Bonchev–Trinajstić information content (AvgIpc) is 2.90. The van der Waals surface area contributed by atoms with Gasteiger partial charge in [-0.1, -0.05) is 23.7 Å². The van der Waals surface area contributed by atoms with Crippen molar-refractivity contribution in [2.24, 2.45) is 4.99 Å². The van der Waals surface area contributed by atoms with Gasteiger partial charge >= 0.3 is 0 Å². The first kappa shape index (κ1) is 26.4. The van der Waals surface area contributed by atoms with Gasteiger partial charge < -0.3 is 20.2 Å². The number of nitrogens with zero attached hydrogens (tertiary/aromatic N) is 5. The number of nitriles is 1. The number of ether oxygens (including phenoxy) is 1. The molecule has 0 unspecified atom stereocenters. The third-order valence-corrected chi connectivity index (χ3v) is 5.69. The highest BCUT2D eigenvalue weighted by molar-refractivity contribution is 6.32. The third-order valence-electron chi connectivity index (χ3n) is 5.39. The monoisotopic (exact) mass is 528 g/mol. The number of fused-ring (bicyclic) bond motifs is 1. The number of carbonyl (C=O) groups excluding carboxylic acids is 1. The molecule has 2 heterocycles. The van der Waals surface area contributed by atoms with Crippen molar-refractivity contribution in [3.63, 3.8) is 0 Å². The van der Waals surface area contributed by atoms with Crippen LogP contribution in [0.15, 0.2) is 84.1 Å². The van der Waals surface area contributed by atoms with Crippen LogP contribution >= 0.6 is 11.6 Å². The summed E-state index contributed by atoms with van der Waals surface area (Å²) in [5.41, 5.74) is 2.28. The lowest BCUT2D eigenvalue weighted by Gasteiger charge is -2.10. The molecule has 0 aliphatic carbocycles. The quantitative estimate of drug-likeness (QED) is 0.254. The normalized spacial score (nSPS) is 11.7. The molecule has 0 aliphatic rings. The van der Waals surface area contributed by atoms with Gasteiger partial charge in [0.05, 0.1) is 39.0 Å². The van der Waals surface area contributed by atoms with Crippen molar-refractivity contribution >= 4 is 39.8 Å². The number of hydrogen-bond donors (Lipinski definition) is 2. The van der Waals surface area contributed by atoms with E-state index in [2.05, 4.69) is 21.4 Å². The summed E-state index contributed by atoms with van der Waals surface area (Å²) in [6.45, 7) is 0.883. The summed E-state index contributed by atoms with van der Waals surface area (Å²) in [7, 11) is 3.81. The Hall–Kier alpha value is -4.65. The fourth-order valence-electron chi connectivity index (χ4n) is 3.60. The molecule has 2 N–H and O–H groups in total. The van der Waals surface area contributed by atoms with Crippen LogP contribution in [0.3, 0.4) is 0 Å². The molecule has 1 amide bonds. The summed E-state index contributed by atoms with van der Waals surface area (Å²) >= 11 is 6.45. The molecule has 10 heteroatoms. The van der Waals surface area contributed by atoms with Gasteiger partial charge in [0.1, 0.15) is 18.4 Å². The van der Waals surface area contributed by atoms with Crippen LogP contribution in [0, 0.1) is 11.3 Å². The Bertz CT molecular complexity index is 1610. The molecular weight excluding hydrogens is 504 g/mol. The number of hydrogen-bond acceptors (Lipinski definition) is 7. The highest BCUT2D eigenvalue weighted by atomic mass is 35.5. The maximum absolute atomic E-state index is 12.3. The molecule has 2 aromatic carbocycles. The Morgan fingerprint density at radius 2 is 2.11 bits per heavy atom. The van der Waals surface area contributed by atoms with E-state index in [0.717, 1.165) is 10.4 Å². The van der Waals surface area contributed by atoms with Crippen molar-refractivity contribution in [2.75, 3.05) is 26.0 Å². The maximum Gasteiger partial charge on any atom is 0.248 e. The number of rotatable bonds is 8. The lowest BCUT2D eigenvalue weighted by atomic mass is 10.1. The van der Waals surface area contributed by atoms with E-state index in [4.69, 9.17) is 16.3 Å². The van der Waals surface area contributed by atoms with Crippen LogP contribution in [0.25, 0.3) is 10.9 Å². The predicted molar refractivity (Wildman–Crippen MR) is 145 cm³/mol. The number of amides is 1. The van der Waals surface area contributed by atoms with Crippen molar-refractivity contribution in [3.8, 4) is 11.8 Å². The zero-order valence-corrected chi connectivity index (χ0v) is 21.6. The van der Waals surface area contributed by atoms with Gasteiger partial charge in [-0.15, -0.1) is 0 Å². The minimum Gasteiger partial charge on any atom is -0.486 e. The second kappa shape index (κ2) is 12.1. The second-order valence-electron chi connectivity index (χ2n) is 8.57. The van der Waals surface area contributed by atoms with Crippen LogP contribution in [0.2, 0.25) is 5.02 Å². The Balaban J connectivity index is 1.68. The third kappa shape index (κ3) is 6.56. The lowest BCUT2D eigenvalue weighted by molar-refractivity contribution is -0.111. The fraction of sp³-hybridized carbons (Fsp3) is 0.143. The molecule has 0 spiro atoms. The summed E-state index contributed by atoms with van der Waals surface area (Å²) in [5, 5.41) is 24.1. The lowest BCUT2D eigenvalue weighted by Crippen LogP contribution is -2.15. The average molecular weight is 529 g/mol. The van der Waals surface area contributed by atoms with Crippen molar-refractivity contribution in [1.82, 2.24) is 14.6 Å². The first-order chi connectivity index (χ1) is 18.3. The van der Waals surface area contributed by atoms with Gasteiger partial charge in [0.25, 0.3) is 0 Å². The van der Waals surface area contributed by atoms with Gasteiger partial charge in [-0.2, -0.15) is 9.99 Å². The molecule has 0 radical (unpaired) electrons. The zero-order chi connectivity index (χ0) is 27.1. The van der Waals surface area contributed by atoms with E-state index in [1.54, 1.807) is 48.7 Å². The first-order valence-electron chi connectivity index (χ1n) is 11.6. The molecule has 0 bridgehead atoms. The number of pyridine rings is 2. The van der Waals surface area contributed by atoms with E-state index in [0.29, 0.717) is 45.0 Å². The summed E-state index contributed by atoms with van der Waals surface area (Å²) in [5.74, 6) is 0.168. The molecule has 38 heavy (non-hydrogen) atoms. The minimum absolute atomic E-state index is 0.140. The van der Waals surface area contributed by atoms with Gasteiger partial charge in [0.2, 0.25) is 5.91 Å². The summed E-state index contributed by atoms with van der Waals surface area (Å²) in [6.07, 6.45) is 6.18. The Morgan fingerprint density at radius 1 is 1.26 bits per heavy atom. The van der Waals surface area contributed by atoms with Crippen LogP contribution < -0.4 is 15.4 Å². The number of benzene rings is 2. The molecule has 9 nitrogen and oxygen atoms in total. The highest BCUT2D eigenvalue weighted by Gasteiger charge is 2.11. The maximum atomic E-state index is 12.3. The van der Waals surface area contributed by atoms with Gasteiger partial charge in [0.15, 0.2) is 0 Å². The smallest absolute Gasteiger partial charge is 0.248 e. The topological polar surface area (TPSA) is 116 Å². The molecule has 192 valence electrons. The minimum atomic E-state index is -0.300. The Kier molecular flexibility index (Phi) is 8.38. The molecule has 0 aliphatic heterocycles. The van der Waals surface area contributed by atoms with Crippen molar-refractivity contribution in [3.05, 3.63) is 101 Å². The van der Waals surface area contributed by atoms with E-state index >= 15 is 0 Å². The number of carbonyl (C=O) groups is 1. The second-order valence-corrected chi connectivity index (χ2v) is 8.98. The van der Waals surface area contributed by atoms with E-state index in [9.17, 15) is 15.3 Å². The van der Waals surface area contributed by atoms with Gasteiger partial charge in [0, 0.05) is 29.9 Å². The van der Waals surface area contributed by atoms with E-state index in [1.165, 1.54) is 12.3 Å².